The lowest BCUT2D eigenvalue weighted by Gasteiger charge is -2.24. The van der Waals surface area contributed by atoms with E-state index in [1.165, 1.54) is 4.90 Å². The molecule has 1 aromatic carbocycles. The van der Waals surface area contributed by atoms with E-state index in [2.05, 4.69) is 5.32 Å². The van der Waals surface area contributed by atoms with Crippen molar-refractivity contribution in [2.75, 3.05) is 27.7 Å². The molecule has 1 unspecified atom stereocenters. The number of likely N-dealkylation sites (N-methyl/N-ethyl adjacent to an activating group) is 2. The van der Waals surface area contributed by atoms with E-state index in [-0.39, 0.29) is 24.4 Å². The molecule has 1 rings (SSSR count). The van der Waals surface area contributed by atoms with Crippen LogP contribution in [0, 0.1) is 0 Å². The fraction of sp³-hybridized carbons (Fsp3) is 0.467. The van der Waals surface area contributed by atoms with Crippen molar-refractivity contribution in [3.63, 3.8) is 0 Å². The minimum Gasteiger partial charge on any atom is -0.351 e. The summed E-state index contributed by atoms with van der Waals surface area (Å²) < 4.78 is 0. The van der Waals surface area contributed by atoms with Gasteiger partial charge in [0.15, 0.2) is 0 Å². The summed E-state index contributed by atoms with van der Waals surface area (Å²) in [6.45, 7) is 2.52. The van der Waals surface area contributed by atoms with Gasteiger partial charge in [-0.1, -0.05) is 30.3 Å². The van der Waals surface area contributed by atoms with Crippen molar-refractivity contribution in [3.8, 4) is 0 Å². The molecule has 5 nitrogen and oxygen atoms in total. The Bertz CT molecular complexity index is 446. The molecule has 0 saturated heterocycles. The normalized spacial score (nSPS) is 12.1. The molecule has 20 heavy (non-hydrogen) atoms. The first-order valence-corrected chi connectivity index (χ1v) is 6.64. The molecule has 110 valence electrons. The van der Waals surface area contributed by atoms with Crippen LogP contribution in [0.5, 0.6) is 0 Å². The lowest BCUT2D eigenvalue weighted by molar-refractivity contribution is -0.132. The number of nitrogens with one attached hydrogen (secondary N) is 1. The summed E-state index contributed by atoms with van der Waals surface area (Å²) in [6, 6.07) is 9.39. The zero-order valence-corrected chi connectivity index (χ0v) is 12.6. The Morgan fingerprint density at radius 2 is 1.75 bits per heavy atom. The summed E-state index contributed by atoms with van der Waals surface area (Å²) in [5.74, 6) is -0.0990. The molecule has 0 aliphatic rings. The Balaban J connectivity index is 2.44. The number of carbonyl (C=O) groups is 2. The summed E-state index contributed by atoms with van der Waals surface area (Å²) >= 11 is 0. The van der Waals surface area contributed by atoms with Crippen LogP contribution in [-0.4, -0.2) is 55.3 Å². The minimum absolute atomic E-state index is 0.0183. The van der Waals surface area contributed by atoms with Crippen molar-refractivity contribution >= 4 is 11.8 Å². The van der Waals surface area contributed by atoms with E-state index < -0.39 is 0 Å². The molecule has 1 atom stereocenters. The van der Waals surface area contributed by atoms with Crippen molar-refractivity contribution in [1.29, 1.82) is 0 Å². The van der Waals surface area contributed by atoms with E-state index in [0.717, 1.165) is 5.56 Å². The third kappa shape index (κ3) is 5.01. The molecule has 1 aromatic rings. The maximum absolute atomic E-state index is 12.0. The molecule has 0 aliphatic heterocycles. The molecule has 0 saturated carbocycles. The monoisotopic (exact) mass is 277 g/mol. The molecule has 0 aromatic heterocycles. The second-order valence-electron chi connectivity index (χ2n) is 5.08. The highest BCUT2D eigenvalue weighted by Gasteiger charge is 2.20. The molecule has 0 spiro atoms. The predicted molar refractivity (Wildman–Crippen MR) is 79.1 cm³/mol. The number of rotatable bonds is 6. The Morgan fingerprint density at radius 3 is 2.30 bits per heavy atom. The first-order valence-electron chi connectivity index (χ1n) is 6.64. The smallest absolute Gasteiger partial charge is 0.237 e. The van der Waals surface area contributed by atoms with E-state index in [4.69, 9.17) is 0 Å². The van der Waals surface area contributed by atoms with Gasteiger partial charge in [0, 0.05) is 20.6 Å². The Hall–Kier alpha value is -1.88. The topological polar surface area (TPSA) is 52.7 Å². The largest absolute Gasteiger partial charge is 0.351 e. The molecule has 5 heteroatoms. The summed E-state index contributed by atoms with van der Waals surface area (Å²) in [4.78, 5) is 26.9. The van der Waals surface area contributed by atoms with Crippen LogP contribution in [0.4, 0.5) is 0 Å². The average molecular weight is 277 g/mol. The van der Waals surface area contributed by atoms with Crippen LogP contribution in [0.25, 0.3) is 0 Å². The summed E-state index contributed by atoms with van der Waals surface area (Å²) in [5.41, 5.74) is 1.06. The van der Waals surface area contributed by atoms with Gasteiger partial charge in [-0.15, -0.1) is 0 Å². The van der Waals surface area contributed by atoms with Crippen LogP contribution in [0.3, 0.4) is 0 Å². The standard InChI is InChI=1S/C15H23N3O2/c1-12(18(4)11-14(19)17(2)3)15(20)16-10-13-8-6-5-7-9-13/h5-9,12H,10-11H2,1-4H3,(H,16,20). The van der Waals surface area contributed by atoms with E-state index in [0.29, 0.717) is 6.54 Å². The highest BCUT2D eigenvalue weighted by molar-refractivity contribution is 5.83. The summed E-state index contributed by atoms with van der Waals surface area (Å²) in [7, 11) is 5.18. The van der Waals surface area contributed by atoms with Crippen LogP contribution in [0.2, 0.25) is 0 Å². The third-order valence-electron chi connectivity index (χ3n) is 3.23. The number of benzene rings is 1. The van der Waals surface area contributed by atoms with Crippen molar-refractivity contribution in [2.45, 2.75) is 19.5 Å². The molecule has 0 fully saturated rings. The number of amides is 2. The third-order valence-corrected chi connectivity index (χ3v) is 3.23. The lowest BCUT2D eigenvalue weighted by Crippen LogP contribution is -2.46. The lowest BCUT2D eigenvalue weighted by atomic mass is 10.2. The quantitative estimate of drug-likeness (QED) is 0.833. The van der Waals surface area contributed by atoms with E-state index >= 15 is 0 Å². The van der Waals surface area contributed by atoms with E-state index in [1.807, 2.05) is 30.3 Å². The van der Waals surface area contributed by atoms with Gasteiger partial charge in [0.2, 0.25) is 11.8 Å². The van der Waals surface area contributed by atoms with E-state index in [1.54, 1.807) is 33.0 Å². The molecule has 2 amide bonds. The molecule has 0 heterocycles. The second kappa shape index (κ2) is 7.65. The van der Waals surface area contributed by atoms with Gasteiger partial charge >= 0.3 is 0 Å². The zero-order valence-electron chi connectivity index (χ0n) is 12.6. The van der Waals surface area contributed by atoms with Gasteiger partial charge in [-0.2, -0.15) is 0 Å². The SMILES string of the molecule is CC(C(=O)NCc1ccccc1)N(C)CC(=O)N(C)C. The van der Waals surface area contributed by atoms with Gasteiger partial charge in [0.05, 0.1) is 12.6 Å². The van der Waals surface area contributed by atoms with Gasteiger partial charge in [-0.25, -0.2) is 0 Å². The molecular formula is C15H23N3O2. The predicted octanol–water partition coefficient (Wildman–Crippen LogP) is 0.711. The van der Waals surface area contributed by atoms with Crippen LogP contribution in [0.1, 0.15) is 12.5 Å². The Morgan fingerprint density at radius 1 is 1.15 bits per heavy atom. The molecule has 0 bridgehead atoms. The Labute approximate surface area is 120 Å². The van der Waals surface area contributed by atoms with Crippen LogP contribution < -0.4 is 5.32 Å². The molecule has 0 aliphatic carbocycles. The average Bonchev–Trinajstić information content (AvgIpc) is 2.44. The minimum atomic E-state index is -0.345. The zero-order chi connectivity index (χ0) is 15.1. The maximum Gasteiger partial charge on any atom is 0.237 e. The number of hydrogen-bond donors (Lipinski definition) is 1. The fourth-order valence-corrected chi connectivity index (χ4v) is 1.62. The van der Waals surface area contributed by atoms with Gasteiger partial charge < -0.3 is 10.2 Å². The number of hydrogen-bond acceptors (Lipinski definition) is 3. The van der Waals surface area contributed by atoms with E-state index in [9.17, 15) is 9.59 Å². The van der Waals surface area contributed by atoms with Crippen LogP contribution in [-0.2, 0) is 16.1 Å². The maximum atomic E-state index is 12.0. The van der Waals surface area contributed by atoms with Gasteiger partial charge in [0.1, 0.15) is 0 Å². The van der Waals surface area contributed by atoms with Gasteiger partial charge in [-0.05, 0) is 19.5 Å². The van der Waals surface area contributed by atoms with Gasteiger partial charge in [0.25, 0.3) is 0 Å². The summed E-state index contributed by atoms with van der Waals surface area (Å²) in [5, 5.41) is 2.88. The molecule has 1 N–H and O–H groups in total. The summed E-state index contributed by atoms with van der Waals surface area (Å²) in [6.07, 6.45) is 0. The van der Waals surface area contributed by atoms with Crippen LogP contribution in [0.15, 0.2) is 30.3 Å². The Kier molecular flexibility index (Phi) is 6.18. The first-order chi connectivity index (χ1) is 9.41. The molecular weight excluding hydrogens is 254 g/mol. The van der Waals surface area contributed by atoms with Crippen LogP contribution >= 0.6 is 0 Å². The first kappa shape index (κ1) is 16.2. The second-order valence-corrected chi connectivity index (χ2v) is 5.08. The van der Waals surface area contributed by atoms with Crippen molar-refractivity contribution in [2.24, 2.45) is 0 Å². The van der Waals surface area contributed by atoms with Crippen molar-refractivity contribution in [1.82, 2.24) is 15.1 Å². The van der Waals surface area contributed by atoms with Gasteiger partial charge in [-0.3, -0.25) is 14.5 Å². The highest BCUT2D eigenvalue weighted by Crippen LogP contribution is 2.00. The fourth-order valence-electron chi connectivity index (χ4n) is 1.62. The molecule has 0 radical (unpaired) electrons. The van der Waals surface area contributed by atoms with Crippen molar-refractivity contribution < 1.29 is 9.59 Å². The number of carbonyl (C=O) groups excluding carboxylic acids is 2. The number of nitrogens with zero attached hydrogens (tertiary/aromatic N) is 2. The van der Waals surface area contributed by atoms with Crippen molar-refractivity contribution in [3.05, 3.63) is 35.9 Å². The highest BCUT2D eigenvalue weighted by atomic mass is 16.2.